The Morgan fingerprint density at radius 2 is 1.62 bits per heavy atom. The highest BCUT2D eigenvalue weighted by Gasteiger charge is 2.17. The van der Waals surface area contributed by atoms with Crippen molar-refractivity contribution in [3.63, 3.8) is 0 Å². The molecular weight excluding hydrogens is 356 g/mol. The van der Waals surface area contributed by atoms with Gasteiger partial charge in [-0.2, -0.15) is 0 Å². The van der Waals surface area contributed by atoms with Crippen LogP contribution in [0.4, 0.5) is 11.4 Å². The van der Waals surface area contributed by atoms with Crippen LogP contribution in [-0.2, 0) is 6.42 Å². The molecule has 0 radical (unpaired) electrons. The molecule has 1 heterocycles. The topological polar surface area (TPSA) is 41.5 Å². The molecule has 0 fully saturated rings. The standard InChI is InChI=1S/C26H20N2O/c1-17-5-4-8-21(13-17)26(29)27-23-11-9-18(10-12-23)24-16-22-14-19-6-2-3-7-20(19)15-25(22)28-24/h2-15H,16H2,1H3,(H,27,29). The van der Waals surface area contributed by atoms with E-state index in [4.69, 9.17) is 4.99 Å². The molecular formula is C26H20N2O. The summed E-state index contributed by atoms with van der Waals surface area (Å²) < 4.78 is 0. The van der Waals surface area contributed by atoms with Gasteiger partial charge in [-0.3, -0.25) is 9.79 Å². The second kappa shape index (κ2) is 7.02. The van der Waals surface area contributed by atoms with E-state index in [0.29, 0.717) is 5.56 Å². The molecule has 4 aromatic rings. The van der Waals surface area contributed by atoms with Crippen LogP contribution < -0.4 is 5.32 Å². The SMILES string of the molecule is Cc1cccc(C(=O)Nc2ccc(C3=Nc4cc5ccccc5cc4C3)cc2)c1. The summed E-state index contributed by atoms with van der Waals surface area (Å²) in [7, 11) is 0. The third kappa shape index (κ3) is 3.43. The van der Waals surface area contributed by atoms with Crippen LogP contribution in [0.5, 0.6) is 0 Å². The number of benzene rings is 4. The molecule has 0 aliphatic carbocycles. The van der Waals surface area contributed by atoms with E-state index in [1.54, 1.807) is 0 Å². The lowest BCUT2D eigenvalue weighted by atomic mass is 10.0. The molecule has 0 saturated carbocycles. The molecule has 0 aromatic heterocycles. The molecule has 1 amide bonds. The van der Waals surface area contributed by atoms with Crippen molar-refractivity contribution in [1.82, 2.24) is 0 Å². The van der Waals surface area contributed by atoms with Crippen molar-refractivity contribution >= 4 is 33.8 Å². The molecule has 0 saturated heterocycles. The first kappa shape index (κ1) is 17.4. The smallest absolute Gasteiger partial charge is 0.255 e. The predicted molar refractivity (Wildman–Crippen MR) is 119 cm³/mol. The largest absolute Gasteiger partial charge is 0.322 e. The Hall–Kier alpha value is -3.72. The van der Waals surface area contributed by atoms with Crippen molar-refractivity contribution in [2.24, 2.45) is 4.99 Å². The Kier molecular flexibility index (Phi) is 4.21. The van der Waals surface area contributed by atoms with Crippen LogP contribution in [0, 0.1) is 6.92 Å². The van der Waals surface area contributed by atoms with Gasteiger partial charge in [0.05, 0.1) is 11.4 Å². The van der Waals surface area contributed by atoms with E-state index >= 15 is 0 Å². The van der Waals surface area contributed by atoms with E-state index in [9.17, 15) is 4.79 Å². The third-order valence-electron chi connectivity index (χ3n) is 5.32. The van der Waals surface area contributed by atoms with Gasteiger partial charge in [0.1, 0.15) is 0 Å². The first-order chi connectivity index (χ1) is 14.2. The van der Waals surface area contributed by atoms with Crippen LogP contribution in [0.2, 0.25) is 0 Å². The number of nitrogens with zero attached hydrogens (tertiary/aromatic N) is 1. The van der Waals surface area contributed by atoms with Crippen molar-refractivity contribution in [3.05, 3.63) is 107 Å². The zero-order valence-corrected chi connectivity index (χ0v) is 16.1. The Morgan fingerprint density at radius 1 is 0.862 bits per heavy atom. The van der Waals surface area contributed by atoms with Gasteiger partial charge in [0.25, 0.3) is 5.91 Å². The molecule has 4 aromatic carbocycles. The van der Waals surface area contributed by atoms with E-state index in [0.717, 1.165) is 34.6 Å². The monoisotopic (exact) mass is 376 g/mol. The highest BCUT2D eigenvalue weighted by atomic mass is 16.1. The van der Waals surface area contributed by atoms with E-state index < -0.39 is 0 Å². The summed E-state index contributed by atoms with van der Waals surface area (Å²) in [4.78, 5) is 17.3. The number of nitrogens with one attached hydrogen (secondary N) is 1. The van der Waals surface area contributed by atoms with Gasteiger partial charge in [0, 0.05) is 17.7 Å². The molecule has 29 heavy (non-hydrogen) atoms. The summed E-state index contributed by atoms with van der Waals surface area (Å²) in [6, 6.07) is 28.3. The Bertz CT molecular complexity index is 1270. The predicted octanol–water partition coefficient (Wildman–Crippen LogP) is 6.08. The average molecular weight is 376 g/mol. The number of hydrogen-bond donors (Lipinski definition) is 1. The van der Waals surface area contributed by atoms with E-state index in [1.807, 2.05) is 55.5 Å². The minimum absolute atomic E-state index is 0.0984. The lowest BCUT2D eigenvalue weighted by Crippen LogP contribution is -2.12. The van der Waals surface area contributed by atoms with Crippen LogP contribution >= 0.6 is 0 Å². The van der Waals surface area contributed by atoms with Gasteiger partial charge in [0.2, 0.25) is 0 Å². The van der Waals surface area contributed by atoms with E-state index in [1.165, 1.54) is 16.3 Å². The Labute approximate surface area is 169 Å². The average Bonchev–Trinajstić information content (AvgIpc) is 3.15. The number of rotatable bonds is 3. The molecule has 0 atom stereocenters. The van der Waals surface area contributed by atoms with Gasteiger partial charge < -0.3 is 5.32 Å². The maximum Gasteiger partial charge on any atom is 0.255 e. The van der Waals surface area contributed by atoms with Crippen LogP contribution in [0.25, 0.3) is 10.8 Å². The van der Waals surface area contributed by atoms with Crippen molar-refractivity contribution in [1.29, 1.82) is 0 Å². The van der Waals surface area contributed by atoms with Gasteiger partial charge in [-0.15, -0.1) is 0 Å². The fraction of sp³-hybridized carbons (Fsp3) is 0.0769. The summed E-state index contributed by atoms with van der Waals surface area (Å²) >= 11 is 0. The van der Waals surface area contributed by atoms with E-state index in [2.05, 4.69) is 41.7 Å². The number of hydrogen-bond acceptors (Lipinski definition) is 2. The molecule has 3 nitrogen and oxygen atoms in total. The summed E-state index contributed by atoms with van der Waals surface area (Å²) in [5.74, 6) is -0.0984. The molecule has 140 valence electrons. The molecule has 0 unspecified atom stereocenters. The number of fused-ring (bicyclic) bond motifs is 2. The zero-order chi connectivity index (χ0) is 19.8. The first-order valence-electron chi connectivity index (χ1n) is 9.73. The van der Waals surface area contributed by atoms with Gasteiger partial charge in [-0.05, 0) is 65.2 Å². The fourth-order valence-corrected chi connectivity index (χ4v) is 3.79. The number of aliphatic imine (C=N–C) groups is 1. The van der Waals surface area contributed by atoms with Crippen LogP contribution in [0.15, 0.2) is 89.9 Å². The first-order valence-corrected chi connectivity index (χ1v) is 9.73. The number of amides is 1. The minimum atomic E-state index is -0.0984. The molecule has 0 spiro atoms. The Morgan fingerprint density at radius 3 is 2.38 bits per heavy atom. The lowest BCUT2D eigenvalue weighted by Gasteiger charge is -2.07. The van der Waals surface area contributed by atoms with E-state index in [-0.39, 0.29) is 5.91 Å². The fourth-order valence-electron chi connectivity index (χ4n) is 3.79. The normalized spacial score (nSPS) is 12.5. The third-order valence-corrected chi connectivity index (χ3v) is 5.32. The number of carbonyl (C=O) groups is 1. The summed E-state index contributed by atoms with van der Waals surface area (Å²) in [6.45, 7) is 1.98. The summed E-state index contributed by atoms with van der Waals surface area (Å²) in [6.07, 6.45) is 0.829. The highest BCUT2D eigenvalue weighted by Crippen LogP contribution is 2.33. The molecule has 0 bridgehead atoms. The van der Waals surface area contributed by atoms with Crippen LogP contribution in [0.1, 0.15) is 27.0 Å². The number of aryl methyl sites for hydroxylation is 1. The maximum atomic E-state index is 12.4. The van der Waals surface area contributed by atoms with Crippen molar-refractivity contribution < 1.29 is 4.79 Å². The minimum Gasteiger partial charge on any atom is -0.322 e. The molecule has 1 aliphatic rings. The van der Waals surface area contributed by atoms with Crippen molar-refractivity contribution in [2.75, 3.05) is 5.32 Å². The Balaban J connectivity index is 1.35. The van der Waals surface area contributed by atoms with Crippen LogP contribution in [0.3, 0.4) is 0 Å². The van der Waals surface area contributed by atoms with Gasteiger partial charge in [0.15, 0.2) is 0 Å². The quantitative estimate of drug-likeness (QED) is 0.463. The molecule has 3 heteroatoms. The second-order valence-electron chi connectivity index (χ2n) is 7.46. The molecule has 1 N–H and O–H groups in total. The number of anilines is 1. The van der Waals surface area contributed by atoms with Crippen molar-refractivity contribution in [2.45, 2.75) is 13.3 Å². The molecule has 5 rings (SSSR count). The maximum absolute atomic E-state index is 12.4. The summed E-state index contributed by atoms with van der Waals surface area (Å²) in [5, 5.41) is 5.42. The van der Waals surface area contributed by atoms with Gasteiger partial charge in [-0.25, -0.2) is 0 Å². The lowest BCUT2D eigenvalue weighted by molar-refractivity contribution is 0.102. The van der Waals surface area contributed by atoms with Gasteiger partial charge in [-0.1, -0.05) is 54.1 Å². The number of carbonyl (C=O) groups excluding carboxylic acids is 1. The van der Waals surface area contributed by atoms with Crippen molar-refractivity contribution in [3.8, 4) is 0 Å². The zero-order valence-electron chi connectivity index (χ0n) is 16.1. The molecule has 1 aliphatic heterocycles. The summed E-state index contributed by atoms with van der Waals surface area (Å²) in [5.41, 5.74) is 6.97. The van der Waals surface area contributed by atoms with Gasteiger partial charge >= 0.3 is 0 Å². The second-order valence-corrected chi connectivity index (χ2v) is 7.46. The highest BCUT2D eigenvalue weighted by molar-refractivity contribution is 6.08. The van der Waals surface area contributed by atoms with Crippen LogP contribution in [-0.4, -0.2) is 11.6 Å².